The summed E-state index contributed by atoms with van der Waals surface area (Å²) in [6.45, 7) is 6.35. The smallest absolute Gasteiger partial charge is 0.221 e. The number of amides is 1. The zero-order valence-electron chi connectivity index (χ0n) is 9.88. The third-order valence-electron chi connectivity index (χ3n) is 2.15. The Bertz CT molecular complexity index is 325. The summed E-state index contributed by atoms with van der Waals surface area (Å²) in [6.07, 6.45) is 1.36. The van der Waals surface area contributed by atoms with Gasteiger partial charge in [-0.15, -0.1) is 11.3 Å². The molecule has 0 fully saturated rings. The van der Waals surface area contributed by atoms with E-state index in [9.17, 15) is 4.79 Å². The summed E-state index contributed by atoms with van der Waals surface area (Å²) in [4.78, 5) is 15.7. The molecule has 0 aliphatic carbocycles. The highest BCUT2D eigenvalue weighted by Gasteiger charge is 2.01. The molecule has 1 aromatic rings. The maximum Gasteiger partial charge on any atom is 0.221 e. The molecule has 0 aromatic carbocycles. The molecule has 0 spiro atoms. The van der Waals surface area contributed by atoms with Gasteiger partial charge >= 0.3 is 0 Å². The van der Waals surface area contributed by atoms with Gasteiger partial charge in [0.05, 0.1) is 10.7 Å². The molecule has 2 N–H and O–H groups in total. The second kappa shape index (κ2) is 7.35. The van der Waals surface area contributed by atoms with Crippen molar-refractivity contribution < 1.29 is 4.79 Å². The fourth-order valence-corrected chi connectivity index (χ4v) is 1.97. The van der Waals surface area contributed by atoms with Crippen molar-refractivity contribution >= 4 is 17.2 Å². The first kappa shape index (κ1) is 13.1. The predicted molar refractivity (Wildman–Crippen MR) is 66.7 cm³/mol. The van der Waals surface area contributed by atoms with E-state index in [0.29, 0.717) is 13.0 Å². The number of thiazole rings is 1. The van der Waals surface area contributed by atoms with Crippen molar-refractivity contribution in [1.29, 1.82) is 0 Å². The molecule has 0 bridgehead atoms. The van der Waals surface area contributed by atoms with E-state index in [1.807, 2.05) is 19.2 Å². The van der Waals surface area contributed by atoms with Gasteiger partial charge < -0.3 is 10.6 Å². The highest BCUT2D eigenvalue weighted by Crippen LogP contribution is 2.07. The SMILES string of the molecule is CCNCCC(=O)NCCc1csc(C)n1. The molecule has 1 rings (SSSR count). The van der Waals surface area contributed by atoms with Crippen LogP contribution in [0.1, 0.15) is 24.0 Å². The first-order valence-electron chi connectivity index (χ1n) is 5.60. The van der Waals surface area contributed by atoms with Crippen molar-refractivity contribution in [3.05, 3.63) is 16.1 Å². The van der Waals surface area contributed by atoms with E-state index in [2.05, 4.69) is 15.6 Å². The van der Waals surface area contributed by atoms with Gasteiger partial charge in [-0.3, -0.25) is 4.79 Å². The molecule has 1 aromatic heterocycles. The molecule has 0 unspecified atom stereocenters. The monoisotopic (exact) mass is 241 g/mol. The van der Waals surface area contributed by atoms with Crippen LogP contribution in [0.4, 0.5) is 0 Å². The number of aromatic nitrogens is 1. The van der Waals surface area contributed by atoms with Crippen LogP contribution < -0.4 is 10.6 Å². The zero-order valence-corrected chi connectivity index (χ0v) is 10.7. The van der Waals surface area contributed by atoms with E-state index in [-0.39, 0.29) is 5.91 Å². The highest BCUT2D eigenvalue weighted by atomic mass is 32.1. The molecule has 0 saturated heterocycles. The van der Waals surface area contributed by atoms with E-state index in [0.717, 1.165) is 30.2 Å². The average Bonchev–Trinajstić information content (AvgIpc) is 2.65. The van der Waals surface area contributed by atoms with E-state index < -0.39 is 0 Å². The minimum absolute atomic E-state index is 0.105. The number of nitrogens with one attached hydrogen (secondary N) is 2. The van der Waals surface area contributed by atoms with Crippen LogP contribution in [0.3, 0.4) is 0 Å². The lowest BCUT2D eigenvalue weighted by molar-refractivity contribution is -0.120. The van der Waals surface area contributed by atoms with Gasteiger partial charge in [-0.05, 0) is 13.5 Å². The second-order valence-electron chi connectivity index (χ2n) is 3.56. The van der Waals surface area contributed by atoms with Crippen molar-refractivity contribution in [3.8, 4) is 0 Å². The number of hydrogen-bond acceptors (Lipinski definition) is 4. The zero-order chi connectivity index (χ0) is 11.8. The third-order valence-corrected chi connectivity index (χ3v) is 2.97. The molecule has 1 heterocycles. The van der Waals surface area contributed by atoms with Gasteiger partial charge in [-0.2, -0.15) is 0 Å². The molecule has 0 aliphatic rings. The van der Waals surface area contributed by atoms with E-state index in [1.165, 1.54) is 0 Å². The Morgan fingerprint density at radius 3 is 2.94 bits per heavy atom. The lowest BCUT2D eigenvalue weighted by Crippen LogP contribution is -2.29. The molecule has 1 amide bonds. The highest BCUT2D eigenvalue weighted by molar-refractivity contribution is 7.09. The predicted octanol–water partition coefficient (Wildman–Crippen LogP) is 1.11. The summed E-state index contributed by atoms with van der Waals surface area (Å²) in [7, 11) is 0. The molecule has 0 aliphatic heterocycles. The number of hydrogen-bond donors (Lipinski definition) is 2. The topological polar surface area (TPSA) is 54.0 Å². The van der Waals surface area contributed by atoms with Gasteiger partial charge in [-0.25, -0.2) is 4.98 Å². The fourth-order valence-electron chi connectivity index (χ4n) is 1.32. The van der Waals surface area contributed by atoms with Crippen LogP contribution in [-0.2, 0) is 11.2 Å². The molecule has 90 valence electrons. The van der Waals surface area contributed by atoms with Crippen LogP contribution in [0.25, 0.3) is 0 Å². The van der Waals surface area contributed by atoms with Crippen LogP contribution in [-0.4, -0.2) is 30.5 Å². The Kier molecular flexibility index (Phi) is 6.03. The maximum atomic E-state index is 11.3. The Hall–Kier alpha value is -0.940. The van der Waals surface area contributed by atoms with Gasteiger partial charge in [0.1, 0.15) is 0 Å². The van der Waals surface area contributed by atoms with E-state index in [1.54, 1.807) is 11.3 Å². The van der Waals surface area contributed by atoms with Gasteiger partial charge in [0.2, 0.25) is 5.91 Å². The summed E-state index contributed by atoms with van der Waals surface area (Å²) in [5.41, 5.74) is 1.06. The molecular weight excluding hydrogens is 222 g/mol. The van der Waals surface area contributed by atoms with Crippen molar-refractivity contribution in [3.63, 3.8) is 0 Å². The van der Waals surface area contributed by atoms with Gasteiger partial charge in [0.25, 0.3) is 0 Å². The summed E-state index contributed by atoms with van der Waals surface area (Å²) in [6, 6.07) is 0. The lowest BCUT2D eigenvalue weighted by Gasteiger charge is -2.04. The summed E-state index contributed by atoms with van der Waals surface area (Å²) >= 11 is 1.65. The number of rotatable bonds is 7. The molecule has 4 nitrogen and oxygen atoms in total. The largest absolute Gasteiger partial charge is 0.356 e. The van der Waals surface area contributed by atoms with Crippen LogP contribution in [0.5, 0.6) is 0 Å². The first-order valence-corrected chi connectivity index (χ1v) is 6.48. The number of aryl methyl sites for hydroxylation is 1. The van der Waals surface area contributed by atoms with Crippen LogP contribution >= 0.6 is 11.3 Å². The molecular formula is C11H19N3OS. The molecule has 5 heteroatoms. The summed E-state index contributed by atoms with van der Waals surface area (Å²) in [5, 5.41) is 9.12. The van der Waals surface area contributed by atoms with Crippen molar-refractivity contribution in [2.75, 3.05) is 19.6 Å². The number of carbonyl (C=O) groups is 1. The molecule has 0 saturated carbocycles. The van der Waals surface area contributed by atoms with Gasteiger partial charge in [0, 0.05) is 31.3 Å². The quantitative estimate of drug-likeness (QED) is 0.703. The Labute approximate surface area is 100 Å². The molecule has 16 heavy (non-hydrogen) atoms. The standard InChI is InChI=1S/C11H19N3OS/c1-3-12-6-5-11(15)13-7-4-10-8-16-9(2)14-10/h8,12H,3-7H2,1-2H3,(H,13,15). The number of nitrogens with zero attached hydrogens (tertiary/aromatic N) is 1. The summed E-state index contributed by atoms with van der Waals surface area (Å²) < 4.78 is 0. The molecule has 0 atom stereocenters. The Balaban J connectivity index is 2.08. The molecule has 0 radical (unpaired) electrons. The lowest BCUT2D eigenvalue weighted by atomic mass is 10.3. The van der Waals surface area contributed by atoms with E-state index >= 15 is 0 Å². The Morgan fingerprint density at radius 2 is 2.31 bits per heavy atom. The number of carbonyl (C=O) groups excluding carboxylic acids is 1. The Morgan fingerprint density at radius 1 is 1.50 bits per heavy atom. The normalized spacial score (nSPS) is 10.4. The van der Waals surface area contributed by atoms with Crippen LogP contribution in [0.15, 0.2) is 5.38 Å². The van der Waals surface area contributed by atoms with Crippen molar-refractivity contribution in [2.45, 2.75) is 26.7 Å². The third kappa shape index (κ3) is 5.23. The van der Waals surface area contributed by atoms with Crippen molar-refractivity contribution in [2.24, 2.45) is 0 Å². The first-order chi connectivity index (χ1) is 7.72. The minimum atomic E-state index is 0.105. The maximum absolute atomic E-state index is 11.3. The minimum Gasteiger partial charge on any atom is -0.356 e. The summed E-state index contributed by atoms with van der Waals surface area (Å²) in [5.74, 6) is 0.105. The van der Waals surface area contributed by atoms with E-state index in [4.69, 9.17) is 0 Å². The van der Waals surface area contributed by atoms with Crippen molar-refractivity contribution in [1.82, 2.24) is 15.6 Å². The second-order valence-corrected chi connectivity index (χ2v) is 4.62. The van der Waals surface area contributed by atoms with Gasteiger partial charge in [0.15, 0.2) is 0 Å². The average molecular weight is 241 g/mol. The van der Waals surface area contributed by atoms with Crippen LogP contribution in [0.2, 0.25) is 0 Å². The van der Waals surface area contributed by atoms with Crippen LogP contribution in [0, 0.1) is 6.92 Å². The fraction of sp³-hybridized carbons (Fsp3) is 0.636. The van der Waals surface area contributed by atoms with Gasteiger partial charge in [-0.1, -0.05) is 6.92 Å².